The van der Waals surface area contributed by atoms with Crippen LogP contribution >= 0.6 is 11.8 Å². The molecule has 0 aliphatic rings. The van der Waals surface area contributed by atoms with Gasteiger partial charge in [-0.1, -0.05) is 23.9 Å². The number of carbonyl (C=O) groups excluding carboxylic acids is 1. The first-order valence-corrected chi connectivity index (χ1v) is 5.84. The number of rotatable bonds is 5. The first-order valence-electron chi connectivity index (χ1n) is 4.96. The van der Waals surface area contributed by atoms with E-state index in [1.807, 2.05) is 0 Å². The van der Waals surface area contributed by atoms with Crippen LogP contribution in [0.3, 0.4) is 0 Å². The van der Waals surface area contributed by atoms with Crippen LogP contribution in [0, 0.1) is 10.1 Å². The summed E-state index contributed by atoms with van der Waals surface area (Å²) in [5, 5.41) is 9.96. The van der Waals surface area contributed by atoms with Gasteiger partial charge >= 0.3 is 0 Å². The van der Waals surface area contributed by atoms with E-state index in [-0.39, 0.29) is 11.7 Å². The number of hydrogen-bond donors (Lipinski definition) is 0. The summed E-state index contributed by atoms with van der Waals surface area (Å²) in [6.07, 6.45) is 0. The fourth-order valence-corrected chi connectivity index (χ4v) is 2.26. The fourth-order valence-electron chi connectivity index (χ4n) is 1.37. The van der Waals surface area contributed by atoms with E-state index in [0.717, 1.165) is 17.3 Å². The second kappa shape index (κ2) is 6.24. The first-order chi connectivity index (χ1) is 8.02. The summed E-state index contributed by atoms with van der Waals surface area (Å²) >= 11 is 0.973. The minimum Gasteiger partial charge on any atom is -0.497 e. The molecule has 1 unspecified atom stereocenters. The van der Waals surface area contributed by atoms with Crippen LogP contribution in [-0.4, -0.2) is 23.7 Å². The molecule has 1 aromatic carbocycles. The van der Waals surface area contributed by atoms with E-state index in [0.29, 0.717) is 5.75 Å². The Bertz CT molecular complexity index is 388. The summed E-state index contributed by atoms with van der Waals surface area (Å²) in [6.45, 7) is 1.14. The van der Waals surface area contributed by atoms with Gasteiger partial charge in [-0.25, -0.2) is 0 Å². The second-order valence-corrected chi connectivity index (χ2v) is 4.77. The maximum atomic E-state index is 11.0. The average molecular weight is 255 g/mol. The van der Waals surface area contributed by atoms with E-state index >= 15 is 0 Å². The minimum atomic E-state index is -0.451. The predicted octanol–water partition coefficient (Wildman–Crippen LogP) is 2.29. The fraction of sp³-hybridized carbons (Fsp3) is 0.364. The van der Waals surface area contributed by atoms with E-state index in [2.05, 4.69) is 0 Å². The van der Waals surface area contributed by atoms with Crippen molar-refractivity contribution in [3.8, 4) is 5.75 Å². The number of nitrogens with zero attached hydrogens (tertiary/aromatic N) is 1. The van der Waals surface area contributed by atoms with Crippen LogP contribution in [0.25, 0.3) is 0 Å². The second-order valence-electron chi connectivity index (χ2n) is 3.39. The van der Waals surface area contributed by atoms with Crippen molar-refractivity contribution >= 4 is 16.9 Å². The Hall–Kier alpha value is -1.56. The molecule has 0 bridgehead atoms. The minimum absolute atomic E-state index is 0.132. The molecule has 1 rings (SSSR count). The highest BCUT2D eigenvalue weighted by molar-refractivity contribution is 8.13. The predicted molar refractivity (Wildman–Crippen MR) is 65.9 cm³/mol. The molecule has 0 amide bonds. The molecule has 17 heavy (non-hydrogen) atoms. The highest BCUT2D eigenvalue weighted by Gasteiger charge is 2.20. The van der Waals surface area contributed by atoms with E-state index in [4.69, 9.17) is 4.74 Å². The Balaban J connectivity index is 2.86. The number of ether oxygens (including phenoxy) is 1. The summed E-state index contributed by atoms with van der Waals surface area (Å²) in [7, 11) is 1.55. The normalized spacial score (nSPS) is 11.9. The molecule has 0 aliphatic carbocycles. The van der Waals surface area contributed by atoms with Gasteiger partial charge in [-0.05, 0) is 17.7 Å². The van der Waals surface area contributed by atoms with Gasteiger partial charge in [-0.2, -0.15) is 0 Å². The van der Waals surface area contributed by atoms with Gasteiger partial charge in [-0.15, -0.1) is 0 Å². The molecule has 5 nitrogen and oxygen atoms in total. The standard InChI is InChI=1S/C11H13NO4S/c1-8(13)17-11(7-12(14)15)9-3-5-10(16-2)6-4-9/h3-6,11H,7H2,1-2H3. The van der Waals surface area contributed by atoms with E-state index in [1.165, 1.54) is 6.92 Å². The van der Waals surface area contributed by atoms with Crippen LogP contribution in [0.2, 0.25) is 0 Å². The van der Waals surface area contributed by atoms with Gasteiger partial charge in [0.1, 0.15) is 11.0 Å². The van der Waals surface area contributed by atoms with E-state index in [9.17, 15) is 14.9 Å². The third-order valence-electron chi connectivity index (χ3n) is 2.11. The molecular weight excluding hydrogens is 242 g/mol. The van der Waals surface area contributed by atoms with Gasteiger partial charge in [0.25, 0.3) is 0 Å². The zero-order valence-corrected chi connectivity index (χ0v) is 10.4. The molecule has 0 aromatic heterocycles. The van der Waals surface area contributed by atoms with Crippen molar-refractivity contribution in [2.75, 3.05) is 13.7 Å². The zero-order valence-electron chi connectivity index (χ0n) is 9.58. The van der Waals surface area contributed by atoms with Crippen molar-refractivity contribution < 1.29 is 14.5 Å². The smallest absolute Gasteiger partial charge is 0.220 e. The third-order valence-corrected chi connectivity index (χ3v) is 3.15. The number of thioether (sulfide) groups is 1. The summed E-state index contributed by atoms with van der Waals surface area (Å²) in [5.74, 6) is 0.682. The van der Waals surface area contributed by atoms with Crippen molar-refractivity contribution in [2.45, 2.75) is 12.2 Å². The highest BCUT2D eigenvalue weighted by Crippen LogP contribution is 2.30. The molecular formula is C11H13NO4S. The number of methoxy groups -OCH3 is 1. The molecule has 0 aliphatic heterocycles. The Morgan fingerprint density at radius 2 is 2.06 bits per heavy atom. The molecule has 0 heterocycles. The summed E-state index contributed by atoms with van der Waals surface area (Å²) in [5.41, 5.74) is 0.753. The zero-order chi connectivity index (χ0) is 12.8. The maximum Gasteiger partial charge on any atom is 0.220 e. The monoisotopic (exact) mass is 255 g/mol. The largest absolute Gasteiger partial charge is 0.497 e. The van der Waals surface area contributed by atoms with Gasteiger partial charge in [0, 0.05) is 11.8 Å². The molecule has 1 atom stereocenters. The van der Waals surface area contributed by atoms with Gasteiger partial charge in [0.05, 0.1) is 7.11 Å². The molecule has 0 N–H and O–H groups in total. The topological polar surface area (TPSA) is 69.4 Å². The lowest BCUT2D eigenvalue weighted by Gasteiger charge is -2.11. The maximum absolute atomic E-state index is 11.0. The Morgan fingerprint density at radius 1 is 1.47 bits per heavy atom. The molecule has 6 heteroatoms. The number of benzene rings is 1. The quantitative estimate of drug-likeness (QED) is 0.596. The molecule has 0 radical (unpaired) electrons. The van der Waals surface area contributed by atoms with Crippen LogP contribution in [-0.2, 0) is 4.79 Å². The lowest BCUT2D eigenvalue weighted by Crippen LogP contribution is -2.11. The van der Waals surface area contributed by atoms with Crippen LogP contribution in [0.4, 0.5) is 0 Å². The third kappa shape index (κ3) is 4.44. The summed E-state index contributed by atoms with van der Waals surface area (Å²) in [4.78, 5) is 21.2. The number of carbonyl (C=O) groups is 1. The lowest BCUT2D eigenvalue weighted by atomic mass is 10.1. The van der Waals surface area contributed by atoms with Crippen LogP contribution in [0.15, 0.2) is 24.3 Å². The lowest BCUT2D eigenvalue weighted by molar-refractivity contribution is -0.479. The summed E-state index contributed by atoms with van der Waals surface area (Å²) in [6, 6.07) is 6.93. The molecule has 92 valence electrons. The van der Waals surface area contributed by atoms with E-state index in [1.54, 1.807) is 31.4 Å². The molecule has 0 fully saturated rings. The first kappa shape index (κ1) is 13.5. The van der Waals surface area contributed by atoms with Crippen molar-refractivity contribution in [3.05, 3.63) is 39.9 Å². The van der Waals surface area contributed by atoms with Gasteiger partial charge in [0.15, 0.2) is 5.12 Å². The van der Waals surface area contributed by atoms with E-state index < -0.39 is 10.2 Å². The van der Waals surface area contributed by atoms with Crippen LogP contribution in [0.1, 0.15) is 17.7 Å². The van der Waals surface area contributed by atoms with Crippen molar-refractivity contribution in [2.24, 2.45) is 0 Å². The Labute approximate surface area is 103 Å². The van der Waals surface area contributed by atoms with Crippen molar-refractivity contribution in [1.82, 2.24) is 0 Å². The van der Waals surface area contributed by atoms with Gasteiger partial charge in [0.2, 0.25) is 6.54 Å². The van der Waals surface area contributed by atoms with Crippen LogP contribution < -0.4 is 4.74 Å². The number of nitro groups is 1. The Kier molecular flexibility index (Phi) is 4.96. The van der Waals surface area contributed by atoms with Gasteiger partial charge in [-0.3, -0.25) is 14.9 Å². The molecule has 0 saturated carbocycles. The molecule has 0 spiro atoms. The van der Waals surface area contributed by atoms with Gasteiger partial charge < -0.3 is 4.74 Å². The highest BCUT2D eigenvalue weighted by atomic mass is 32.2. The van der Waals surface area contributed by atoms with Crippen molar-refractivity contribution in [1.29, 1.82) is 0 Å². The SMILES string of the molecule is COc1ccc(C(C[N+](=O)[O-])SC(C)=O)cc1. The summed E-state index contributed by atoms with van der Waals surface area (Å²) < 4.78 is 5.00. The molecule has 1 aromatic rings. The Morgan fingerprint density at radius 3 is 2.47 bits per heavy atom. The van der Waals surface area contributed by atoms with Crippen LogP contribution in [0.5, 0.6) is 5.75 Å². The number of hydrogen-bond acceptors (Lipinski definition) is 5. The van der Waals surface area contributed by atoms with Crippen molar-refractivity contribution in [3.63, 3.8) is 0 Å². The molecule has 0 saturated heterocycles. The average Bonchev–Trinajstić information content (AvgIpc) is 2.27.